The minimum Gasteiger partial charge on any atom is -0.408 e. The zero-order valence-electron chi connectivity index (χ0n) is 1.88. The smallest absolute Gasteiger partial charge is 0.268 e. The van der Waals surface area contributed by atoms with E-state index in [4.69, 9.17) is 10.3 Å². The van der Waals surface area contributed by atoms with Crippen molar-refractivity contribution >= 4 is 6.40 Å². The lowest BCUT2D eigenvalue weighted by Gasteiger charge is -1.50. The maximum absolute atomic E-state index is 8.76. The first kappa shape index (κ1) is 3.27. The van der Waals surface area contributed by atoms with Crippen LogP contribution in [0, 0.1) is 0 Å². The van der Waals surface area contributed by atoms with Gasteiger partial charge in [0.2, 0.25) is 0 Å². The maximum atomic E-state index is 8.76. The second-order valence-electron chi connectivity index (χ2n) is 0.221. The van der Waals surface area contributed by atoms with Gasteiger partial charge in [-0.05, 0) is 0 Å². The van der Waals surface area contributed by atoms with Crippen molar-refractivity contribution in [3.05, 3.63) is 0 Å². The Bertz CT molecular complexity index is 21.2. The van der Waals surface area contributed by atoms with E-state index in [2.05, 4.69) is 5.16 Å². The third-order valence-electron chi connectivity index (χ3n) is 0.0471. The van der Waals surface area contributed by atoms with Crippen LogP contribution in [-0.2, 0) is 5.11 Å². The Morgan fingerprint density at radius 1 is 2.00 bits per heavy atom. The Balaban J connectivity index is 2.55. The summed E-state index contributed by atoms with van der Waals surface area (Å²) in [5, 5.41) is 17.9. The van der Waals surface area contributed by atoms with E-state index < -0.39 is 0 Å². The van der Waals surface area contributed by atoms with Crippen LogP contribution in [0.1, 0.15) is 0 Å². The van der Waals surface area contributed by atoms with E-state index in [9.17, 15) is 0 Å². The van der Waals surface area contributed by atoms with Gasteiger partial charge in [-0.2, -0.15) is 0 Å². The molecule has 0 spiro atoms. The van der Waals surface area contributed by atoms with Crippen LogP contribution in [0.2, 0.25) is 0 Å². The summed E-state index contributed by atoms with van der Waals surface area (Å²) in [6, 6.07) is 0. The van der Waals surface area contributed by atoms with Crippen molar-refractivity contribution in [2.75, 3.05) is 0 Å². The fourth-order valence-corrected chi connectivity index (χ4v) is 0. The second-order valence-corrected chi connectivity index (χ2v) is 0.221. The van der Waals surface area contributed by atoms with Crippen molar-refractivity contribution in [2.45, 2.75) is 0 Å². The molecular formula is CH2NO2. The van der Waals surface area contributed by atoms with E-state index in [1.165, 1.54) is 0 Å². The number of hydrogen-bond acceptors (Lipinski definition) is 2. The van der Waals surface area contributed by atoms with Gasteiger partial charge < -0.3 is 5.21 Å². The van der Waals surface area contributed by atoms with Crippen molar-refractivity contribution in [2.24, 2.45) is 5.16 Å². The van der Waals surface area contributed by atoms with Gasteiger partial charge in [0.1, 0.15) is 0 Å². The topological polar surface area (TPSA) is 52.5 Å². The normalized spacial score (nSPS) is 9.00. The molecule has 0 aromatic carbocycles. The highest BCUT2D eigenvalue weighted by molar-refractivity contribution is 5.40. The second kappa shape index (κ2) is 2.27. The first-order valence-electron chi connectivity index (χ1n) is 0.694. The third-order valence-corrected chi connectivity index (χ3v) is 0.0471. The lowest BCUT2D eigenvalue weighted by Crippen LogP contribution is -1.53. The van der Waals surface area contributed by atoms with Crippen LogP contribution in [0.15, 0.2) is 5.16 Å². The summed E-state index contributed by atoms with van der Waals surface area (Å²) in [5.74, 6) is 0. The molecule has 1 N–H and O–H groups in total. The molecule has 4 heavy (non-hydrogen) atoms. The molecule has 0 unspecified atom stereocenters. The molecule has 0 atom stereocenters. The molecule has 3 nitrogen and oxygen atoms in total. The molecule has 0 fully saturated rings. The van der Waals surface area contributed by atoms with Gasteiger partial charge in [0.05, 0.1) is 0 Å². The van der Waals surface area contributed by atoms with Crippen molar-refractivity contribution in [1.82, 2.24) is 0 Å². The van der Waals surface area contributed by atoms with Crippen LogP contribution < -0.4 is 0 Å². The summed E-state index contributed by atoms with van der Waals surface area (Å²) in [5.41, 5.74) is 0. The van der Waals surface area contributed by atoms with Gasteiger partial charge >= 0.3 is 0 Å². The van der Waals surface area contributed by atoms with Crippen molar-refractivity contribution < 1.29 is 10.3 Å². The Hall–Kier alpha value is -0.730. The van der Waals surface area contributed by atoms with E-state index in [0.717, 1.165) is 0 Å². The fraction of sp³-hybridized carbons (Fsp3) is 0. The van der Waals surface area contributed by atoms with E-state index in [1.807, 2.05) is 0 Å². The highest BCUT2D eigenvalue weighted by Gasteiger charge is 1.41. The third kappa shape index (κ3) is 1.27. The highest BCUT2D eigenvalue weighted by Crippen LogP contribution is 1.34. The number of nitrogens with zero attached hydrogens (tertiary/aromatic N) is 1. The summed E-state index contributed by atoms with van der Waals surface area (Å²) in [7, 11) is 0. The highest BCUT2D eigenvalue weighted by atomic mass is 16.5. The van der Waals surface area contributed by atoms with E-state index >= 15 is 0 Å². The Morgan fingerprint density at radius 2 is 2.25 bits per heavy atom. The molecule has 0 aromatic rings. The van der Waals surface area contributed by atoms with Crippen LogP contribution in [0.4, 0.5) is 0 Å². The van der Waals surface area contributed by atoms with E-state index in [0.29, 0.717) is 0 Å². The van der Waals surface area contributed by atoms with Gasteiger partial charge in [-0.25, -0.2) is 0 Å². The predicted molar refractivity (Wildman–Crippen MR) is 11.0 cm³/mol. The Morgan fingerprint density at radius 3 is 2.25 bits per heavy atom. The van der Waals surface area contributed by atoms with E-state index in [-0.39, 0.29) is 6.40 Å². The molecule has 0 aliphatic rings. The Labute approximate surface area is 23.2 Å². The quantitative estimate of drug-likeness (QED) is 0.179. The Kier molecular flexibility index (Phi) is 1.86. The predicted octanol–water partition coefficient (Wildman–Crippen LogP) is -0.166. The molecule has 0 aromatic heterocycles. The van der Waals surface area contributed by atoms with Gasteiger partial charge in [0.25, 0.3) is 6.40 Å². The summed E-state index contributed by atoms with van der Waals surface area (Å²) >= 11 is 0. The van der Waals surface area contributed by atoms with Crippen LogP contribution in [0.25, 0.3) is 0 Å². The summed E-state index contributed by atoms with van der Waals surface area (Å²) in [6.07, 6.45) is 0.0556. The summed E-state index contributed by atoms with van der Waals surface area (Å²) in [4.78, 5) is 0. The first-order valence-corrected chi connectivity index (χ1v) is 0.694. The van der Waals surface area contributed by atoms with E-state index in [1.54, 1.807) is 0 Å². The van der Waals surface area contributed by atoms with Crippen LogP contribution in [0.5, 0.6) is 0 Å². The molecule has 1 radical (unpaired) electrons. The minimum absolute atomic E-state index is 0.0556. The molecule has 0 bridgehead atoms. The number of hydrogen-bond donors (Lipinski definition) is 1. The molecule has 3 heteroatoms. The van der Waals surface area contributed by atoms with Crippen LogP contribution >= 0.6 is 0 Å². The largest absolute Gasteiger partial charge is 0.408 e. The molecule has 0 saturated heterocycles. The molecule has 0 saturated carbocycles. The fourth-order valence-electron chi connectivity index (χ4n) is 0. The summed E-state index contributed by atoms with van der Waals surface area (Å²) < 4.78 is 0. The van der Waals surface area contributed by atoms with Crippen LogP contribution in [-0.4, -0.2) is 11.6 Å². The first-order chi connectivity index (χ1) is 1.91. The zero-order chi connectivity index (χ0) is 3.41. The van der Waals surface area contributed by atoms with Gasteiger partial charge in [0, 0.05) is 0 Å². The summed E-state index contributed by atoms with van der Waals surface area (Å²) in [6.45, 7) is 0. The van der Waals surface area contributed by atoms with Crippen molar-refractivity contribution in [3.63, 3.8) is 0 Å². The van der Waals surface area contributed by atoms with Gasteiger partial charge in [-0.15, -0.1) is 0 Å². The molecule has 0 rings (SSSR count). The minimum atomic E-state index is 0.0556. The average Bonchev–Trinajstić information content (AvgIpc) is 1.37. The lowest BCUT2D eigenvalue weighted by atomic mass is 11.6. The molecular weight excluding hydrogens is 58.0 g/mol. The SMILES string of the molecule is [O]C=NO. The molecule has 0 amide bonds. The van der Waals surface area contributed by atoms with Gasteiger partial charge in [-0.3, -0.25) is 5.11 Å². The molecule has 0 aliphatic heterocycles. The van der Waals surface area contributed by atoms with Gasteiger partial charge in [0.15, 0.2) is 0 Å². The maximum Gasteiger partial charge on any atom is 0.268 e. The molecule has 0 heterocycles. The number of oxime groups is 1. The average molecular weight is 60.0 g/mol. The van der Waals surface area contributed by atoms with Crippen molar-refractivity contribution in [3.8, 4) is 0 Å². The van der Waals surface area contributed by atoms with Crippen molar-refractivity contribution in [1.29, 1.82) is 0 Å². The monoisotopic (exact) mass is 60.0 g/mol. The lowest BCUT2D eigenvalue weighted by molar-refractivity contribution is 0.297. The molecule has 0 aliphatic carbocycles. The standard InChI is InChI=1S/CH2NO2/c3-1-2-4/h1,4H. The zero-order valence-corrected chi connectivity index (χ0v) is 1.88. The molecule has 23 valence electrons. The van der Waals surface area contributed by atoms with Crippen LogP contribution in [0.3, 0.4) is 0 Å². The number of rotatable bonds is 0. The van der Waals surface area contributed by atoms with Gasteiger partial charge in [-0.1, -0.05) is 5.16 Å².